The van der Waals surface area contributed by atoms with Gasteiger partial charge in [-0.25, -0.2) is 0 Å². The number of aliphatic hydroxyl groups excluding tert-OH is 1. The summed E-state index contributed by atoms with van der Waals surface area (Å²) in [5, 5.41) is 9.30. The van der Waals surface area contributed by atoms with E-state index in [-0.39, 0.29) is 0 Å². The molecule has 3 aliphatic rings. The predicted molar refractivity (Wildman–Crippen MR) is 118 cm³/mol. The van der Waals surface area contributed by atoms with E-state index in [0.717, 1.165) is 32.1 Å². The Bertz CT molecular complexity index is 659. The summed E-state index contributed by atoms with van der Waals surface area (Å²) in [6.07, 6.45) is 5.16. The quantitative estimate of drug-likeness (QED) is 0.793. The van der Waals surface area contributed by atoms with E-state index >= 15 is 0 Å². The van der Waals surface area contributed by atoms with Crippen molar-refractivity contribution in [2.45, 2.75) is 59.3 Å². The van der Waals surface area contributed by atoms with Crippen LogP contribution in [0, 0.1) is 22.7 Å². The van der Waals surface area contributed by atoms with E-state index in [0.29, 0.717) is 29.3 Å². The van der Waals surface area contributed by atoms with E-state index in [1.807, 2.05) is 0 Å². The van der Waals surface area contributed by atoms with E-state index in [1.165, 1.54) is 37.9 Å². The third-order valence-electron chi connectivity index (χ3n) is 7.44. The number of para-hydroxylation sites is 1. The summed E-state index contributed by atoms with van der Waals surface area (Å²) >= 11 is 0. The average molecular weight is 385 g/mol. The van der Waals surface area contributed by atoms with Crippen molar-refractivity contribution in [1.82, 2.24) is 4.90 Å². The molecule has 1 aromatic rings. The second-order valence-electron chi connectivity index (χ2n) is 11.4. The number of aliphatic hydroxyl groups is 1. The zero-order valence-corrected chi connectivity index (χ0v) is 18.5. The summed E-state index contributed by atoms with van der Waals surface area (Å²) in [6, 6.07) is 9.23. The molecule has 2 atom stereocenters. The van der Waals surface area contributed by atoms with Crippen molar-refractivity contribution in [2.75, 3.05) is 44.2 Å². The standard InChI is InChI=1S/C25H40N2O/c1-24(2)14-21(15-25(3,4)18-24)22-7-5-6-8-23(22)27-11-9-26(10-12-27)16-19-13-20(19)17-28/h5-8,19-21,28H,9-18H2,1-4H3/t19-,20+/m1/s1. The van der Waals surface area contributed by atoms with Crippen molar-refractivity contribution in [3.63, 3.8) is 0 Å². The summed E-state index contributed by atoms with van der Waals surface area (Å²) in [5.74, 6) is 2.00. The second kappa shape index (κ2) is 7.65. The van der Waals surface area contributed by atoms with Gasteiger partial charge in [0.05, 0.1) is 0 Å². The zero-order valence-electron chi connectivity index (χ0n) is 18.5. The van der Waals surface area contributed by atoms with Gasteiger partial charge in [-0.15, -0.1) is 0 Å². The van der Waals surface area contributed by atoms with Crippen molar-refractivity contribution in [3.8, 4) is 0 Å². The Labute approximate surface area is 172 Å². The van der Waals surface area contributed by atoms with Crippen LogP contribution >= 0.6 is 0 Å². The van der Waals surface area contributed by atoms with Crippen molar-refractivity contribution < 1.29 is 5.11 Å². The largest absolute Gasteiger partial charge is 0.396 e. The molecule has 3 fully saturated rings. The molecule has 28 heavy (non-hydrogen) atoms. The summed E-state index contributed by atoms with van der Waals surface area (Å²) in [6.45, 7) is 16.0. The minimum Gasteiger partial charge on any atom is -0.396 e. The van der Waals surface area contributed by atoms with Gasteiger partial charge in [0.25, 0.3) is 0 Å². The highest BCUT2D eigenvalue weighted by Gasteiger charge is 2.40. The van der Waals surface area contributed by atoms with Crippen LogP contribution in [0.15, 0.2) is 24.3 Å². The molecule has 3 nitrogen and oxygen atoms in total. The van der Waals surface area contributed by atoms with E-state index in [2.05, 4.69) is 61.8 Å². The molecule has 1 N–H and O–H groups in total. The molecule has 4 rings (SSSR count). The molecule has 1 aliphatic heterocycles. The molecule has 0 unspecified atom stereocenters. The molecule has 0 spiro atoms. The fraction of sp³-hybridized carbons (Fsp3) is 0.760. The lowest BCUT2D eigenvalue weighted by Gasteiger charge is -2.46. The van der Waals surface area contributed by atoms with Crippen molar-refractivity contribution in [1.29, 1.82) is 0 Å². The lowest BCUT2D eigenvalue weighted by Crippen LogP contribution is -2.47. The molecule has 3 heteroatoms. The van der Waals surface area contributed by atoms with Gasteiger partial charge in [-0.05, 0) is 65.9 Å². The third-order valence-corrected chi connectivity index (χ3v) is 7.44. The Morgan fingerprint density at radius 1 is 0.929 bits per heavy atom. The smallest absolute Gasteiger partial charge is 0.0462 e. The van der Waals surface area contributed by atoms with Gasteiger partial charge in [0.1, 0.15) is 0 Å². The van der Waals surface area contributed by atoms with E-state index in [1.54, 1.807) is 5.56 Å². The average Bonchev–Trinajstić information content (AvgIpc) is 3.38. The highest BCUT2D eigenvalue weighted by Crippen LogP contribution is 2.53. The highest BCUT2D eigenvalue weighted by molar-refractivity contribution is 5.56. The van der Waals surface area contributed by atoms with Gasteiger partial charge in [-0.1, -0.05) is 45.9 Å². The molecule has 1 saturated heterocycles. The van der Waals surface area contributed by atoms with Gasteiger partial charge < -0.3 is 10.0 Å². The van der Waals surface area contributed by atoms with Crippen LogP contribution in [0.5, 0.6) is 0 Å². The van der Waals surface area contributed by atoms with Gasteiger partial charge in [0, 0.05) is 45.0 Å². The van der Waals surface area contributed by atoms with Gasteiger partial charge in [-0.3, -0.25) is 4.90 Å². The normalized spacial score (nSPS) is 30.4. The van der Waals surface area contributed by atoms with Crippen molar-refractivity contribution in [3.05, 3.63) is 29.8 Å². The lowest BCUT2D eigenvalue weighted by molar-refractivity contribution is 0.0970. The molecule has 1 heterocycles. The van der Waals surface area contributed by atoms with Gasteiger partial charge in [0.2, 0.25) is 0 Å². The lowest BCUT2D eigenvalue weighted by atomic mass is 9.60. The topological polar surface area (TPSA) is 26.7 Å². The van der Waals surface area contributed by atoms with Crippen LogP contribution in [0.2, 0.25) is 0 Å². The minimum atomic E-state index is 0.381. The Kier molecular flexibility index (Phi) is 5.52. The second-order valence-corrected chi connectivity index (χ2v) is 11.4. The van der Waals surface area contributed by atoms with Crippen LogP contribution in [-0.2, 0) is 0 Å². The Morgan fingerprint density at radius 2 is 1.57 bits per heavy atom. The number of nitrogens with zero attached hydrogens (tertiary/aromatic N) is 2. The summed E-state index contributed by atoms with van der Waals surface area (Å²) in [4.78, 5) is 5.25. The zero-order chi connectivity index (χ0) is 19.9. The minimum absolute atomic E-state index is 0.381. The first-order valence-electron chi connectivity index (χ1n) is 11.4. The monoisotopic (exact) mass is 384 g/mol. The van der Waals surface area contributed by atoms with Crippen LogP contribution in [0.1, 0.15) is 64.9 Å². The van der Waals surface area contributed by atoms with E-state index in [9.17, 15) is 5.11 Å². The van der Waals surface area contributed by atoms with Gasteiger partial charge >= 0.3 is 0 Å². The van der Waals surface area contributed by atoms with Gasteiger partial charge in [0.15, 0.2) is 0 Å². The van der Waals surface area contributed by atoms with E-state index in [4.69, 9.17) is 0 Å². The van der Waals surface area contributed by atoms with Gasteiger partial charge in [-0.2, -0.15) is 0 Å². The van der Waals surface area contributed by atoms with Crippen LogP contribution in [0.25, 0.3) is 0 Å². The fourth-order valence-electron chi connectivity index (χ4n) is 6.45. The first kappa shape index (κ1) is 20.2. The van der Waals surface area contributed by atoms with E-state index < -0.39 is 0 Å². The Balaban J connectivity index is 1.44. The molecule has 0 bridgehead atoms. The van der Waals surface area contributed by atoms with Crippen molar-refractivity contribution in [2.24, 2.45) is 22.7 Å². The number of hydrogen-bond donors (Lipinski definition) is 1. The molecular weight excluding hydrogens is 344 g/mol. The fourth-order valence-corrected chi connectivity index (χ4v) is 6.45. The number of benzene rings is 1. The molecule has 0 radical (unpaired) electrons. The number of piperazine rings is 1. The maximum Gasteiger partial charge on any atom is 0.0462 e. The SMILES string of the molecule is CC1(C)CC(c2ccccc2N2CCN(C[C@H]3C[C@H]3CO)CC2)CC(C)(C)C1. The first-order valence-corrected chi connectivity index (χ1v) is 11.4. The summed E-state index contributed by atoms with van der Waals surface area (Å²) in [7, 11) is 0. The number of hydrogen-bond acceptors (Lipinski definition) is 3. The highest BCUT2D eigenvalue weighted by atomic mass is 16.3. The number of anilines is 1. The molecule has 2 saturated carbocycles. The predicted octanol–water partition coefficient (Wildman–Crippen LogP) is 4.76. The van der Waals surface area contributed by atoms with Crippen LogP contribution in [0.4, 0.5) is 5.69 Å². The Morgan fingerprint density at radius 3 is 2.18 bits per heavy atom. The summed E-state index contributed by atoms with van der Waals surface area (Å²) < 4.78 is 0. The van der Waals surface area contributed by atoms with Crippen LogP contribution in [-0.4, -0.2) is 49.3 Å². The third kappa shape index (κ3) is 4.57. The Hall–Kier alpha value is -1.06. The maximum absolute atomic E-state index is 9.30. The van der Waals surface area contributed by atoms with Crippen LogP contribution in [0.3, 0.4) is 0 Å². The molecule has 2 aliphatic carbocycles. The first-order chi connectivity index (χ1) is 13.3. The number of rotatable bonds is 5. The summed E-state index contributed by atoms with van der Waals surface area (Å²) in [5.41, 5.74) is 3.91. The molecule has 0 aromatic heterocycles. The van der Waals surface area contributed by atoms with Crippen molar-refractivity contribution >= 4 is 5.69 Å². The molecule has 1 aromatic carbocycles. The maximum atomic E-state index is 9.30. The van der Waals surface area contributed by atoms with Crippen LogP contribution < -0.4 is 4.90 Å². The molecule has 156 valence electrons. The molecule has 0 amide bonds. The molecular formula is C25H40N2O.